The second-order valence-electron chi connectivity index (χ2n) is 6.85. The van der Waals surface area contributed by atoms with Crippen molar-refractivity contribution in [3.8, 4) is 6.07 Å². The zero-order valence-corrected chi connectivity index (χ0v) is 15.8. The summed E-state index contributed by atoms with van der Waals surface area (Å²) in [5, 5.41) is 11.7. The zero-order valence-electron chi connectivity index (χ0n) is 15.0. The molecular formula is C20H18N4O3S. The van der Waals surface area contributed by atoms with Gasteiger partial charge in [0.05, 0.1) is 17.6 Å². The number of rotatable bonds is 2. The average molecular weight is 394 g/mol. The maximum Gasteiger partial charge on any atom is 0.285 e. The van der Waals surface area contributed by atoms with Crippen LogP contribution < -0.4 is 5.32 Å². The number of fused-ring (bicyclic) bond motifs is 1. The molecule has 1 fully saturated rings. The number of amides is 1. The first-order valence-corrected chi connectivity index (χ1v) is 10.4. The number of benzene rings is 2. The minimum Gasteiger partial charge on any atom is -0.355 e. The van der Waals surface area contributed by atoms with Crippen LogP contribution in [0.1, 0.15) is 24.0 Å². The molecule has 28 heavy (non-hydrogen) atoms. The lowest BCUT2D eigenvalue weighted by atomic mass is 9.96. The molecule has 1 atom stereocenters. The van der Waals surface area contributed by atoms with Gasteiger partial charge in [0.15, 0.2) is 5.84 Å². The van der Waals surface area contributed by atoms with Gasteiger partial charge < -0.3 is 10.2 Å². The van der Waals surface area contributed by atoms with Crippen molar-refractivity contribution >= 4 is 27.5 Å². The van der Waals surface area contributed by atoms with E-state index in [0.29, 0.717) is 35.7 Å². The van der Waals surface area contributed by atoms with Gasteiger partial charge in [-0.05, 0) is 49.2 Å². The Morgan fingerprint density at radius 2 is 1.93 bits per heavy atom. The number of carbonyl (C=O) groups excluding carboxylic acids is 1. The Kier molecular flexibility index (Phi) is 4.61. The maximum absolute atomic E-state index is 12.7. The van der Waals surface area contributed by atoms with Crippen molar-refractivity contribution in [2.45, 2.75) is 17.7 Å². The third-order valence-corrected chi connectivity index (χ3v) is 6.31. The van der Waals surface area contributed by atoms with Crippen molar-refractivity contribution in [3.05, 3.63) is 59.7 Å². The van der Waals surface area contributed by atoms with E-state index in [1.165, 1.54) is 0 Å². The highest BCUT2D eigenvalue weighted by Gasteiger charge is 2.35. The van der Waals surface area contributed by atoms with Crippen molar-refractivity contribution in [1.29, 1.82) is 5.26 Å². The molecule has 4 rings (SSSR count). The normalized spacial score (nSPS) is 20.0. The lowest BCUT2D eigenvalue weighted by Crippen LogP contribution is -2.43. The highest BCUT2D eigenvalue weighted by molar-refractivity contribution is 7.90. The molecule has 0 bridgehead atoms. The minimum atomic E-state index is -3.68. The molecule has 1 amide bonds. The number of nitrogens with zero attached hydrogens (tertiary/aromatic N) is 3. The van der Waals surface area contributed by atoms with Crippen LogP contribution in [-0.4, -0.2) is 38.2 Å². The van der Waals surface area contributed by atoms with Gasteiger partial charge in [-0.25, -0.2) is 0 Å². The van der Waals surface area contributed by atoms with Gasteiger partial charge in [0.2, 0.25) is 5.91 Å². The van der Waals surface area contributed by atoms with E-state index in [9.17, 15) is 13.2 Å². The molecule has 2 aromatic carbocycles. The van der Waals surface area contributed by atoms with Crippen molar-refractivity contribution in [2.24, 2.45) is 10.3 Å². The van der Waals surface area contributed by atoms with Crippen LogP contribution in [0, 0.1) is 17.2 Å². The molecule has 0 saturated carbocycles. The van der Waals surface area contributed by atoms with Gasteiger partial charge in [0.1, 0.15) is 4.90 Å². The van der Waals surface area contributed by atoms with Crippen molar-refractivity contribution in [1.82, 2.24) is 4.90 Å². The van der Waals surface area contributed by atoms with Crippen LogP contribution in [0.2, 0.25) is 0 Å². The van der Waals surface area contributed by atoms with Crippen molar-refractivity contribution in [2.75, 3.05) is 18.4 Å². The number of hydrogen-bond donors (Lipinski definition) is 1. The number of anilines is 1. The number of sulfonamides is 1. The summed E-state index contributed by atoms with van der Waals surface area (Å²) in [6.07, 6.45) is 1.49. The third kappa shape index (κ3) is 3.37. The van der Waals surface area contributed by atoms with E-state index in [1.54, 1.807) is 48.5 Å². The van der Waals surface area contributed by atoms with Crippen LogP contribution in [-0.2, 0) is 14.8 Å². The van der Waals surface area contributed by atoms with Gasteiger partial charge in [-0.1, -0.05) is 12.1 Å². The predicted molar refractivity (Wildman–Crippen MR) is 104 cm³/mol. The van der Waals surface area contributed by atoms with E-state index >= 15 is 0 Å². The Hall–Kier alpha value is -3.18. The van der Waals surface area contributed by atoms with Gasteiger partial charge >= 0.3 is 0 Å². The number of nitriles is 1. The van der Waals surface area contributed by atoms with E-state index in [4.69, 9.17) is 5.26 Å². The Morgan fingerprint density at radius 3 is 2.68 bits per heavy atom. The van der Waals surface area contributed by atoms with Crippen LogP contribution in [0.4, 0.5) is 5.69 Å². The average Bonchev–Trinajstić information content (AvgIpc) is 3.00. The van der Waals surface area contributed by atoms with Gasteiger partial charge in [-0.3, -0.25) is 4.79 Å². The second kappa shape index (κ2) is 7.09. The van der Waals surface area contributed by atoms with Crippen LogP contribution in [0.25, 0.3) is 0 Å². The van der Waals surface area contributed by atoms with Crippen LogP contribution in [0.15, 0.2) is 57.8 Å². The summed E-state index contributed by atoms with van der Waals surface area (Å²) in [6.45, 7) is 1.06. The molecule has 2 aromatic rings. The lowest BCUT2D eigenvalue weighted by molar-refractivity contribution is -0.121. The molecule has 2 aliphatic heterocycles. The number of piperidine rings is 1. The molecule has 7 nitrogen and oxygen atoms in total. The SMILES string of the molecule is N#Cc1ccc(NC(=O)C2CCCN(C3=NS(=O)(=O)c4ccccc43)C2)cc1. The fourth-order valence-electron chi connectivity index (χ4n) is 3.57. The largest absolute Gasteiger partial charge is 0.355 e. The Balaban J connectivity index is 1.50. The summed E-state index contributed by atoms with van der Waals surface area (Å²) in [5.74, 6) is 0.0261. The summed E-state index contributed by atoms with van der Waals surface area (Å²) < 4.78 is 28.6. The van der Waals surface area contributed by atoms with E-state index in [2.05, 4.69) is 9.71 Å². The quantitative estimate of drug-likeness (QED) is 0.842. The van der Waals surface area contributed by atoms with Gasteiger partial charge in [-0.15, -0.1) is 4.40 Å². The zero-order chi connectivity index (χ0) is 19.7. The highest BCUT2D eigenvalue weighted by Crippen LogP contribution is 2.30. The number of hydrogen-bond acceptors (Lipinski definition) is 5. The predicted octanol–water partition coefficient (Wildman–Crippen LogP) is 2.36. The third-order valence-electron chi connectivity index (χ3n) is 4.99. The van der Waals surface area contributed by atoms with Crippen LogP contribution in [0.3, 0.4) is 0 Å². The molecule has 8 heteroatoms. The molecule has 1 N–H and O–H groups in total. The molecular weight excluding hydrogens is 376 g/mol. The molecule has 0 radical (unpaired) electrons. The topological polar surface area (TPSA) is 103 Å². The number of carbonyl (C=O) groups is 1. The summed E-state index contributed by atoms with van der Waals surface area (Å²) in [5.41, 5.74) is 1.75. The first kappa shape index (κ1) is 18.2. The van der Waals surface area contributed by atoms with Crippen LogP contribution >= 0.6 is 0 Å². The van der Waals surface area contributed by atoms with Crippen molar-refractivity contribution < 1.29 is 13.2 Å². The molecule has 1 unspecified atom stereocenters. The molecule has 142 valence electrons. The fourth-order valence-corrected chi connectivity index (χ4v) is 4.80. The number of amidine groups is 1. The molecule has 0 spiro atoms. The molecule has 2 aliphatic rings. The smallest absolute Gasteiger partial charge is 0.285 e. The van der Waals surface area contributed by atoms with Gasteiger partial charge in [-0.2, -0.15) is 13.7 Å². The van der Waals surface area contributed by atoms with E-state index in [1.807, 2.05) is 11.0 Å². The summed E-state index contributed by atoms with van der Waals surface area (Å²) in [6, 6.07) is 15.5. The summed E-state index contributed by atoms with van der Waals surface area (Å²) in [7, 11) is -3.68. The number of nitrogens with one attached hydrogen (secondary N) is 1. The first-order valence-electron chi connectivity index (χ1n) is 8.98. The highest BCUT2D eigenvalue weighted by atomic mass is 32.2. The Bertz CT molecular complexity index is 1100. The Morgan fingerprint density at radius 1 is 1.18 bits per heavy atom. The van der Waals surface area contributed by atoms with E-state index < -0.39 is 10.0 Å². The molecule has 0 aliphatic carbocycles. The molecule has 2 heterocycles. The van der Waals surface area contributed by atoms with Gasteiger partial charge in [0, 0.05) is 24.3 Å². The Labute approximate surface area is 163 Å². The summed E-state index contributed by atoms with van der Waals surface area (Å²) in [4.78, 5) is 14.8. The van der Waals surface area contributed by atoms with E-state index in [0.717, 1.165) is 12.8 Å². The van der Waals surface area contributed by atoms with E-state index in [-0.39, 0.29) is 16.7 Å². The fraction of sp³-hybridized carbons (Fsp3) is 0.250. The standard InChI is InChI=1S/C20H18N4O3S/c21-12-14-7-9-16(10-8-14)22-20(25)15-4-3-11-24(13-15)19-17-5-1-2-6-18(17)28(26,27)23-19/h1-2,5-10,15H,3-4,11,13H2,(H,22,25). The first-order chi connectivity index (χ1) is 13.5. The van der Waals surface area contributed by atoms with Crippen LogP contribution in [0.5, 0.6) is 0 Å². The maximum atomic E-state index is 12.7. The lowest BCUT2D eigenvalue weighted by Gasteiger charge is -2.33. The molecule has 1 saturated heterocycles. The summed E-state index contributed by atoms with van der Waals surface area (Å²) >= 11 is 0. The van der Waals surface area contributed by atoms with Crippen molar-refractivity contribution in [3.63, 3.8) is 0 Å². The van der Waals surface area contributed by atoms with Gasteiger partial charge in [0.25, 0.3) is 10.0 Å². The molecule has 0 aromatic heterocycles. The number of likely N-dealkylation sites (tertiary alicyclic amines) is 1. The minimum absolute atomic E-state index is 0.121. The monoisotopic (exact) mass is 394 g/mol. The second-order valence-corrected chi connectivity index (χ2v) is 8.42.